The number of anilines is 1. The molecule has 2 aromatic rings. The van der Waals surface area contributed by atoms with Gasteiger partial charge in [-0.1, -0.05) is 0 Å². The maximum atomic E-state index is 13.6. The summed E-state index contributed by atoms with van der Waals surface area (Å²) in [6.45, 7) is 2.84. The summed E-state index contributed by atoms with van der Waals surface area (Å²) in [5, 5.41) is 2.57. The molecule has 0 spiro atoms. The molecule has 1 N–H and O–H groups in total. The maximum Gasteiger partial charge on any atom is 0.339 e. The second-order valence-electron chi connectivity index (χ2n) is 5.52. The molecule has 1 atom stereocenters. The lowest BCUT2D eigenvalue weighted by Gasteiger charge is -2.14. The van der Waals surface area contributed by atoms with Crippen LogP contribution in [0.4, 0.5) is 10.1 Å². The number of esters is 1. The highest BCUT2D eigenvalue weighted by molar-refractivity contribution is 5.98. The molecule has 1 amide bonds. The van der Waals surface area contributed by atoms with E-state index in [-0.39, 0.29) is 17.1 Å². The number of benzene rings is 2. The van der Waals surface area contributed by atoms with E-state index in [1.807, 2.05) is 0 Å². The molecule has 0 saturated heterocycles. The van der Waals surface area contributed by atoms with Gasteiger partial charge in [-0.05, 0) is 56.3 Å². The van der Waals surface area contributed by atoms with E-state index in [1.54, 1.807) is 24.3 Å². The zero-order valence-electron chi connectivity index (χ0n) is 14.5. The predicted molar refractivity (Wildman–Crippen MR) is 92.9 cm³/mol. The molecule has 26 heavy (non-hydrogen) atoms. The minimum atomic E-state index is -1.10. The van der Waals surface area contributed by atoms with Crippen molar-refractivity contribution in [3.05, 3.63) is 59.4 Å². The smallest absolute Gasteiger partial charge is 0.339 e. The summed E-state index contributed by atoms with van der Waals surface area (Å²) in [6.07, 6.45) is -1.10. The van der Waals surface area contributed by atoms with Gasteiger partial charge in [-0.15, -0.1) is 0 Å². The molecule has 2 aromatic carbocycles. The topological polar surface area (TPSA) is 81.7 Å². The van der Waals surface area contributed by atoms with Crippen molar-refractivity contribution in [1.29, 1.82) is 0 Å². The Hall–Kier alpha value is -3.22. The molecule has 0 aliphatic carbocycles. The van der Waals surface area contributed by atoms with Crippen LogP contribution in [-0.2, 0) is 9.53 Å². The van der Waals surface area contributed by atoms with Gasteiger partial charge in [-0.2, -0.15) is 0 Å². The highest BCUT2D eigenvalue weighted by Gasteiger charge is 2.20. The fourth-order valence-electron chi connectivity index (χ4n) is 2.11. The van der Waals surface area contributed by atoms with Gasteiger partial charge in [0.1, 0.15) is 0 Å². The molecule has 0 aliphatic rings. The standard InChI is InChI=1S/C19H18FNO5/c1-11(22)13-4-7-15(8-5-13)21-18(23)12(2)26-19(24)14-6-9-17(25-3)16(20)10-14/h4-10,12H,1-3H3,(H,21,23)/t12-/m0/s1. The lowest BCUT2D eigenvalue weighted by molar-refractivity contribution is -0.123. The first kappa shape index (κ1) is 19.1. The van der Waals surface area contributed by atoms with Crippen molar-refractivity contribution in [2.24, 2.45) is 0 Å². The fraction of sp³-hybridized carbons (Fsp3) is 0.211. The van der Waals surface area contributed by atoms with Gasteiger partial charge in [-0.3, -0.25) is 9.59 Å². The van der Waals surface area contributed by atoms with Crippen molar-refractivity contribution >= 4 is 23.3 Å². The van der Waals surface area contributed by atoms with Crippen LogP contribution >= 0.6 is 0 Å². The van der Waals surface area contributed by atoms with E-state index in [2.05, 4.69) is 5.32 Å². The van der Waals surface area contributed by atoms with Crippen LogP contribution in [0.1, 0.15) is 34.6 Å². The Kier molecular flexibility index (Phi) is 6.06. The van der Waals surface area contributed by atoms with E-state index < -0.39 is 23.8 Å². The first-order valence-electron chi connectivity index (χ1n) is 7.78. The molecule has 0 fully saturated rings. The van der Waals surface area contributed by atoms with Crippen molar-refractivity contribution in [3.8, 4) is 5.75 Å². The Balaban J connectivity index is 1.98. The van der Waals surface area contributed by atoms with E-state index in [0.717, 1.165) is 6.07 Å². The van der Waals surface area contributed by atoms with Crippen molar-refractivity contribution in [1.82, 2.24) is 0 Å². The fourth-order valence-corrected chi connectivity index (χ4v) is 2.11. The molecular weight excluding hydrogens is 341 g/mol. The molecule has 6 nitrogen and oxygen atoms in total. The van der Waals surface area contributed by atoms with E-state index in [1.165, 1.54) is 33.1 Å². The summed E-state index contributed by atoms with van der Waals surface area (Å²) in [5.41, 5.74) is 0.941. The minimum Gasteiger partial charge on any atom is -0.494 e. The van der Waals surface area contributed by atoms with Crippen LogP contribution in [0.2, 0.25) is 0 Å². The van der Waals surface area contributed by atoms with E-state index in [4.69, 9.17) is 9.47 Å². The van der Waals surface area contributed by atoms with Gasteiger partial charge in [0.2, 0.25) is 0 Å². The third-order valence-corrected chi connectivity index (χ3v) is 3.60. The summed E-state index contributed by atoms with van der Waals surface area (Å²) >= 11 is 0. The van der Waals surface area contributed by atoms with Crippen LogP contribution in [-0.4, -0.2) is 30.9 Å². The molecule has 0 aliphatic heterocycles. The Labute approximate surface area is 149 Å². The summed E-state index contributed by atoms with van der Waals surface area (Å²) < 4.78 is 23.5. The number of hydrogen-bond acceptors (Lipinski definition) is 5. The van der Waals surface area contributed by atoms with E-state index in [0.29, 0.717) is 11.3 Å². The van der Waals surface area contributed by atoms with Gasteiger partial charge >= 0.3 is 5.97 Å². The maximum absolute atomic E-state index is 13.6. The Morgan fingerprint density at radius 2 is 1.65 bits per heavy atom. The van der Waals surface area contributed by atoms with Gasteiger partial charge in [0.25, 0.3) is 5.91 Å². The summed E-state index contributed by atoms with van der Waals surface area (Å²) in [7, 11) is 1.31. The molecule has 0 saturated carbocycles. The number of rotatable bonds is 6. The molecule has 0 heterocycles. The second kappa shape index (κ2) is 8.24. The molecule has 0 radical (unpaired) electrons. The monoisotopic (exact) mass is 359 g/mol. The van der Waals surface area contributed by atoms with Crippen LogP contribution in [0.3, 0.4) is 0 Å². The number of halogens is 1. The third kappa shape index (κ3) is 4.66. The molecule has 0 bridgehead atoms. The van der Waals surface area contributed by atoms with E-state index in [9.17, 15) is 18.8 Å². The van der Waals surface area contributed by atoms with Gasteiger partial charge in [0.05, 0.1) is 12.7 Å². The molecule has 136 valence electrons. The highest BCUT2D eigenvalue weighted by Crippen LogP contribution is 2.19. The zero-order valence-corrected chi connectivity index (χ0v) is 14.5. The Morgan fingerprint density at radius 1 is 1.04 bits per heavy atom. The number of carbonyl (C=O) groups excluding carboxylic acids is 3. The zero-order chi connectivity index (χ0) is 19.3. The first-order valence-corrected chi connectivity index (χ1v) is 7.78. The van der Waals surface area contributed by atoms with Crippen LogP contribution < -0.4 is 10.1 Å². The number of methoxy groups -OCH3 is 1. The van der Waals surface area contributed by atoms with Crippen molar-refractivity contribution in [2.45, 2.75) is 20.0 Å². The molecule has 7 heteroatoms. The number of hydrogen-bond donors (Lipinski definition) is 1. The molecule has 0 unspecified atom stereocenters. The number of nitrogens with one attached hydrogen (secondary N) is 1. The Morgan fingerprint density at radius 3 is 2.19 bits per heavy atom. The number of Topliss-reactive ketones (excluding diaryl/α,β-unsaturated/α-hetero) is 1. The van der Waals surface area contributed by atoms with Crippen molar-refractivity contribution < 1.29 is 28.2 Å². The molecule has 0 aromatic heterocycles. The van der Waals surface area contributed by atoms with Crippen LogP contribution in [0, 0.1) is 5.82 Å². The van der Waals surface area contributed by atoms with Crippen molar-refractivity contribution in [3.63, 3.8) is 0 Å². The quantitative estimate of drug-likeness (QED) is 0.633. The SMILES string of the molecule is COc1ccc(C(=O)O[C@@H](C)C(=O)Nc2ccc(C(C)=O)cc2)cc1F. The number of carbonyl (C=O) groups is 3. The van der Waals surface area contributed by atoms with Crippen molar-refractivity contribution in [2.75, 3.05) is 12.4 Å². The summed E-state index contributed by atoms with van der Waals surface area (Å²) in [6, 6.07) is 9.92. The largest absolute Gasteiger partial charge is 0.494 e. The average Bonchev–Trinajstić information content (AvgIpc) is 2.61. The predicted octanol–water partition coefficient (Wildman–Crippen LogP) is 3.22. The molecular formula is C19H18FNO5. The minimum absolute atomic E-state index is 0.00125. The highest BCUT2D eigenvalue weighted by atomic mass is 19.1. The summed E-state index contributed by atoms with van der Waals surface area (Å²) in [5.74, 6) is -2.17. The Bertz CT molecular complexity index is 832. The van der Waals surface area contributed by atoms with Crippen LogP contribution in [0.5, 0.6) is 5.75 Å². The first-order chi connectivity index (χ1) is 12.3. The van der Waals surface area contributed by atoms with E-state index >= 15 is 0 Å². The lowest BCUT2D eigenvalue weighted by atomic mass is 10.1. The van der Waals surface area contributed by atoms with Gasteiger partial charge in [0.15, 0.2) is 23.5 Å². The van der Waals surface area contributed by atoms with Crippen LogP contribution in [0.15, 0.2) is 42.5 Å². The lowest BCUT2D eigenvalue weighted by Crippen LogP contribution is -2.30. The van der Waals surface area contributed by atoms with Gasteiger partial charge in [0, 0.05) is 11.3 Å². The number of ketones is 1. The second-order valence-corrected chi connectivity index (χ2v) is 5.52. The average molecular weight is 359 g/mol. The van der Waals surface area contributed by atoms with Crippen LogP contribution in [0.25, 0.3) is 0 Å². The number of amides is 1. The van der Waals surface area contributed by atoms with Gasteiger partial charge < -0.3 is 14.8 Å². The summed E-state index contributed by atoms with van der Waals surface area (Å²) in [4.78, 5) is 35.4. The number of ether oxygens (including phenoxy) is 2. The van der Waals surface area contributed by atoms with Gasteiger partial charge in [-0.25, -0.2) is 9.18 Å². The molecule has 2 rings (SSSR count). The third-order valence-electron chi connectivity index (χ3n) is 3.60. The normalized spacial score (nSPS) is 11.4.